The van der Waals surface area contributed by atoms with Gasteiger partial charge in [-0.1, -0.05) is 24.3 Å². The smallest absolute Gasteiger partial charge is 0.233 e. The molecular formula is C41H55N7O4. The Bertz CT molecular complexity index is 1680. The van der Waals surface area contributed by atoms with Crippen LogP contribution in [0.5, 0.6) is 11.5 Å². The SMILES string of the molecule is COc1cc(N2CCC3(CCN(C(O)c4ccc(N5CCN(Cc6ccc(OCCCN(C)C)cc6)CC5)cc4)CC3)C2=O)ccc1/C(C=N)=C/N. The molecule has 11 heteroatoms. The summed E-state index contributed by atoms with van der Waals surface area (Å²) in [5, 5.41) is 19.0. The number of methoxy groups -OCH3 is 1. The van der Waals surface area contributed by atoms with Gasteiger partial charge in [-0.05, 0) is 87.3 Å². The number of piperidine rings is 1. The second kappa shape index (κ2) is 16.9. The summed E-state index contributed by atoms with van der Waals surface area (Å²) in [5.74, 6) is 1.64. The second-order valence-corrected chi connectivity index (χ2v) is 14.6. The Hall–Kier alpha value is -4.42. The molecule has 4 N–H and O–H groups in total. The zero-order chi connectivity index (χ0) is 36.7. The minimum Gasteiger partial charge on any atom is -0.496 e. The first-order valence-corrected chi connectivity index (χ1v) is 18.5. The Morgan fingerprint density at radius 3 is 2.25 bits per heavy atom. The molecule has 0 bridgehead atoms. The molecule has 3 saturated heterocycles. The van der Waals surface area contributed by atoms with Crippen molar-refractivity contribution in [2.75, 3.05) is 90.0 Å². The number of hydrogen-bond acceptors (Lipinski definition) is 10. The topological polar surface area (TPSA) is 122 Å². The number of nitrogens with one attached hydrogen (secondary N) is 1. The van der Waals surface area contributed by atoms with Crippen molar-refractivity contribution in [2.24, 2.45) is 11.1 Å². The molecule has 3 aromatic carbocycles. The molecule has 278 valence electrons. The third-order valence-electron chi connectivity index (χ3n) is 11.0. The fourth-order valence-corrected chi connectivity index (χ4v) is 7.78. The summed E-state index contributed by atoms with van der Waals surface area (Å²) in [4.78, 5) is 24.9. The van der Waals surface area contributed by atoms with E-state index in [1.807, 2.05) is 35.2 Å². The highest BCUT2D eigenvalue weighted by atomic mass is 16.5. The molecule has 6 rings (SSSR count). The number of carbonyl (C=O) groups is 1. The number of ether oxygens (including phenoxy) is 2. The van der Waals surface area contributed by atoms with Crippen LogP contribution in [0.3, 0.4) is 0 Å². The summed E-state index contributed by atoms with van der Waals surface area (Å²) < 4.78 is 11.5. The van der Waals surface area contributed by atoms with Crippen molar-refractivity contribution >= 4 is 29.1 Å². The van der Waals surface area contributed by atoms with E-state index in [1.54, 1.807) is 7.11 Å². The summed E-state index contributed by atoms with van der Waals surface area (Å²) in [5.41, 5.74) is 10.7. The summed E-state index contributed by atoms with van der Waals surface area (Å²) in [6.45, 7) is 8.56. The van der Waals surface area contributed by atoms with E-state index in [-0.39, 0.29) is 5.91 Å². The average Bonchev–Trinajstić information content (AvgIpc) is 3.49. The second-order valence-electron chi connectivity index (χ2n) is 14.6. The van der Waals surface area contributed by atoms with E-state index in [0.717, 1.165) is 75.7 Å². The Balaban J connectivity index is 0.964. The van der Waals surface area contributed by atoms with Crippen LogP contribution in [0.15, 0.2) is 72.9 Å². The van der Waals surface area contributed by atoms with Crippen LogP contribution in [0.1, 0.15) is 48.6 Å². The number of amides is 1. The largest absolute Gasteiger partial charge is 0.496 e. The number of rotatable bonds is 14. The van der Waals surface area contributed by atoms with Gasteiger partial charge in [-0.2, -0.15) is 0 Å². The van der Waals surface area contributed by atoms with E-state index in [0.29, 0.717) is 49.4 Å². The lowest BCUT2D eigenvalue weighted by Gasteiger charge is -2.40. The van der Waals surface area contributed by atoms with E-state index in [2.05, 4.69) is 70.1 Å². The highest BCUT2D eigenvalue weighted by molar-refractivity contribution is 6.09. The van der Waals surface area contributed by atoms with Crippen molar-refractivity contribution in [1.82, 2.24) is 14.7 Å². The monoisotopic (exact) mass is 709 g/mol. The molecule has 3 fully saturated rings. The number of aliphatic hydroxyl groups excluding tert-OH is 1. The predicted octanol–water partition coefficient (Wildman–Crippen LogP) is 4.81. The van der Waals surface area contributed by atoms with Gasteiger partial charge >= 0.3 is 0 Å². The third kappa shape index (κ3) is 8.44. The molecule has 0 aliphatic carbocycles. The number of nitrogens with zero attached hydrogens (tertiary/aromatic N) is 5. The fraction of sp³-hybridized carbons (Fsp3) is 0.463. The van der Waals surface area contributed by atoms with Gasteiger partial charge in [-0.15, -0.1) is 0 Å². The summed E-state index contributed by atoms with van der Waals surface area (Å²) in [6, 6.07) is 22.5. The van der Waals surface area contributed by atoms with Crippen LogP contribution in [0.4, 0.5) is 11.4 Å². The van der Waals surface area contributed by atoms with Crippen molar-refractivity contribution in [3.63, 3.8) is 0 Å². The predicted molar refractivity (Wildman–Crippen MR) is 208 cm³/mol. The summed E-state index contributed by atoms with van der Waals surface area (Å²) in [6.07, 6.45) is 5.09. The Morgan fingerprint density at radius 2 is 1.62 bits per heavy atom. The number of hydrogen-bond donors (Lipinski definition) is 3. The van der Waals surface area contributed by atoms with Crippen LogP contribution in [-0.4, -0.2) is 112 Å². The van der Waals surface area contributed by atoms with Gasteiger partial charge in [0.2, 0.25) is 5.91 Å². The quantitative estimate of drug-likeness (QED) is 0.160. The lowest BCUT2D eigenvalue weighted by Crippen LogP contribution is -2.46. The minimum atomic E-state index is -0.707. The van der Waals surface area contributed by atoms with Crippen LogP contribution < -0.4 is 25.0 Å². The van der Waals surface area contributed by atoms with Gasteiger partial charge in [0.25, 0.3) is 0 Å². The Labute approximate surface area is 308 Å². The van der Waals surface area contributed by atoms with Gasteiger partial charge in [0.15, 0.2) is 0 Å². The Morgan fingerprint density at radius 1 is 0.942 bits per heavy atom. The molecule has 0 radical (unpaired) electrons. The van der Waals surface area contributed by atoms with Crippen LogP contribution >= 0.6 is 0 Å². The minimum absolute atomic E-state index is 0.136. The number of carbonyl (C=O) groups excluding carboxylic acids is 1. The van der Waals surface area contributed by atoms with E-state index in [1.165, 1.54) is 23.7 Å². The molecular weight excluding hydrogens is 654 g/mol. The number of anilines is 2. The van der Waals surface area contributed by atoms with Crippen LogP contribution in [0.25, 0.3) is 5.57 Å². The van der Waals surface area contributed by atoms with Crippen molar-refractivity contribution in [3.8, 4) is 11.5 Å². The molecule has 1 spiro atoms. The van der Waals surface area contributed by atoms with Gasteiger partial charge in [-0.25, -0.2) is 0 Å². The maximum absolute atomic E-state index is 13.9. The molecule has 11 nitrogen and oxygen atoms in total. The maximum Gasteiger partial charge on any atom is 0.233 e. The molecule has 52 heavy (non-hydrogen) atoms. The highest BCUT2D eigenvalue weighted by Crippen LogP contribution is 2.45. The van der Waals surface area contributed by atoms with Crippen LogP contribution in [0, 0.1) is 10.8 Å². The first-order valence-electron chi connectivity index (χ1n) is 18.5. The fourth-order valence-electron chi connectivity index (χ4n) is 7.78. The van der Waals surface area contributed by atoms with Crippen molar-refractivity contribution in [1.29, 1.82) is 5.41 Å². The van der Waals surface area contributed by atoms with E-state index >= 15 is 0 Å². The zero-order valence-corrected chi connectivity index (χ0v) is 31.0. The van der Waals surface area contributed by atoms with Gasteiger partial charge in [0.1, 0.15) is 17.7 Å². The van der Waals surface area contributed by atoms with Gasteiger partial charge in [-0.3, -0.25) is 14.6 Å². The number of likely N-dealkylation sites (tertiary alicyclic amines) is 1. The number of piperazine rings is 1. The van der Waals surface area contributed by atoms with Crippen molar-refractivity contribution in [2.45, 2.75) is 38.5 Å². The molecule has 3 aromatic rings. The molecule has 0 aromatic heterocycles. The van der Waals surface area contributed by atoms with Crippen molar-refractivity contribution in [3.05, 3.63) is 89.6 Å². The molecule has 1 atom stereocenters. The molecule has 3 aliphatic heterocycles. The standard InChI is InChI=1S/C41H55N7O4/c1-44(2)18-4-26-52-36-12-5-31(6-13-36)30-45-22-24-46(25-23-45)34-9-7-32(8-10-34)39(49)47-19-15-41(16-20-47)17-21-48(40(41)50)35-11-14-37(33(28-42)29-43)38(27-35)51-3/h5-14,27-29,39,42,49H,4,15-26,30,43H2,1-3H3/b33-29+,42-28?. The molecule has 3 aliphatic rings. The third-order valence-corrected chi connectivity index (χ3v) is 11.0. The van der Waals surface area contributed by atoms with Crippen molar-refractivity contribution < 1.29 is 19.4 Å². The first-order chi connectivity index (χ1) is 25.2. The lowest BCUT2D eigenvalue weighted by atomic mass is 9.77. The number of allylic oxidation sites excluding steroid dienone is 1. The summed E-state index contributed by atoms with van der Waals surface area (Å²) >= 11 is 0. The molecule has 1 unspecified atom stereocenters. The maximum atomic E-state index is 13.9. The van der Waals surface area contributed by atoms with Gasteiger partial charge < -0.3 is 40.4 Å². The normalized spacial score (nSPS) is 19.0. The highest BCUT2D eigenvalue weighted by Gasteiger charge is 2.49. The first kappa shape index (κ1) is 37.3. The summed E-state index contributed by atoms with van der Waals surface area (Å²) in [7, 11) is 5.74. The molecule has 3 heterocycles. The molecule has 1 amide bonds. The Kier molecular flexibility index (Phi) is 12.2. The van der Waals surface area contributed by atoms with Crippen LogP contribution in [0.2, 0.25) is 0 Å². The number of benzene rings is 3. The lowest BCUT2D eigenvalue weighted by molar-refractivity contribution is -0.130. The van der Waals surface area contributed by atoms with E-state index in [4.69, 9.17) is 20.6 Å². The zero-order valence-electron chi connectivity index (χ0n) is 31.0. The number of nitrogens with two attached hydrogens (primary N) is 1. The van der Waals surface area contributed by atoms with E-state index < -0.39 is 11.6 Å². The van der Waals surface area contributed by atoms with Gasteiger partial charge in [0, 0.05) is 99.9 Å². The van der Waals surface area contributed by atoms with E-state index in [9.17, 15) is 9.90 Å². The molecule has 0 saturated carbocycles. The van der Waals surface area contributed by atoms with Crippen LogP contribution in [-0.2, 0) is 11.3 Å². The average molecular weight is 710 g/mol. The van der Waals surface area contributed by atoms with Gasteiger partial charge in [0.05, 0.1) is 19.1 Å². The number of aliphatic hydroxyl groups is 1.